The number of rotatable bonds is 3. The van der Waals surface area contributed by atoms with Gasteiger partial charge in [-0.2, -0.15) is 0 Å². The van der Waals surface area contributed by atoms with Crippen LogP contribution in [0, 0.1) is 12.8 Å². The van der Waals surface area contributed by atoms with Crippen LogP contribution in [0.5, 0.6) is 0 Å². The zero-order valence-electron chi connectivity index (χ0n) is 10.8. The first-order valence-electron chi connectivity index (χ1n) is 6.17. The monoisotopic (exact) mass is 225 g/mol. The van der Waals surface area contributed by atoms with Crippen LogP contribution in [0.4, 0.5) is 0 Å². The molecule has 0 bridgehead atoms. The first-order valence-corrected chi connectivity index (χ1v) is 6.17. The summed E-state index contributed by atoms with van der Waals surface area (Å²) in [4.78, 5) is 4.53. The molecule has 17 heavy (non-hydrogen) atoms. The van der Waals surface area contributed by atoms with Crippen LogP contribution >= 0.6 is 0 Å². The molecule has 1 aromatic carbocycles. The lowest BCUT2D eigenvalue weighted by Crippen LogP contribution is -1.95. The Morgan fingerprint density at radius 1 is 1.00 bits per heavy atom. The average Bonchev–Trinajstić information content (AvgIpc) is 2.30. The van der Waals surface area contributed by atoms with Gasteiger partial charge in [0.1, 0.15) is 0 Å². The number of pyridine rings is 1. The van der Waals surface area contributed by atoms with Crippen molar-refractivity contribution in [3.05, 3.63) is 53.7 Å². The van der Waals surface area contributed by atoms with E-state index in [2.05, 4.69) is 62.2 Å². The molecule has 0 spiro atoms. The van der Waals surface area contributed by atoms with Crippen LogP contribution in [-0.2, 0) is 6.42 Å². The van der Waals surface area contributed by atoms with Crippen molar-refractivity contribution in [2.24, 2.45) is 5.92 Å². The maximum absolute atomic E-state index is 4.53. The highest BCUT2D eigenvalue weighted by Gasteiger charge is 2.01. The van der Waals surface area contributed by atoms with Crippen molar-refractivity contribution in [3.63, 3.8) is 0 Å². The zero-order valence-corrected chi connectivity index (χ0v) is 10.8. The van der Waals surface area contributed by atoms with Gasteiger partial charge in [0, 0.05) is 11.8 Å². The van der Waals surface area contributed by atoms with Gasteiger partial charge in [-0.15, -0.1) is 0 Å². The molecule has 1 aromatic heterocycles. The molecule has 0 aliphatic carbocycles. The fourth-order valence-electron chi connectivity index (χ4n) is 1.91. The Morgan fingerprint density at radius 3 is 2.24 bits per heavy atom. The molecule has 0 radical (unpaired) electrons. The fraction of sp³-hybridized carbons (Fsp3) is 0.312. The molecular formula is C16H19N. The van der Waals surface area contributed by atoms with E-state index in [0.717, 1.165) is 12.1 Å². The Morgan fingerprint density at radius 2 is 1.71 bits per heavy atom. The third kappa shape index (κ3) is 3.16. The molecular weight excluding hydrogens is 206 g/mol. The topological polar surface area (TPSA) is 12.9 Å². The van der Waals surface area contributed by atoms with Crippen molar-refractivity contribution in [2.75, 3.05) is 0 Å². The molecule has 0 unspecified atom stereocenters. The van der Waals surface area contributed by atoms with Crippen LogP contribution in [0.2, 0.25) is 0 Å². The minimum atomic E-state index is 0.682. The second-order valence-electron chi connectivity index (χ2n) is 5.02. The molecule has 1 heteroatoms. The van der Waals surface area contributed by atoms with Gasteiger partial charge in [-0.05, 0) is 30.9 Å². The number of benzene rings is 1. The molecule has 2 rings (SSSR count). The zero-order chi connectivity index (χ0) is 12.3. The van der Waals surface area contributed by atoms with Crippen molar-refractivity contribution in [1.82, 2.24) is 4.98 Å². The fourth-order valence-corrected chi connectivity index (χ4v) is 1.91. The Balaban J connectivity index is 2.20. The van der Waals surface area contributed by atoms with E-state index >= 15 is 0 Å². The first kappa shape index (κ1) is 11.8. The normalized spacial score (nSPS) is 10.8. The smallest absolute Gasteiger partial charge is 0.0702 e. The summed E-state index contributed by atoms with van der Waals surface area (Å²) in [6.45, 7) is 6.56. The summed E-state index contributed by atoms with van der Waals surface area (Å²) < 4.78 is 0. The quantitative estimate of drug-likeness (QED) is 0.760. The van der Waals surface area contributed by atoms with Crippen molar-refractivity contribution in [1.29, 1.82) is 0 Å². The van der Waals surface area contributed by atoms with Crippen LogP contribution in [-0.4, -0.2) is 4.98 Å². The van der Waals surface area contributed by atoms with E-state index < -0.39 is 0 Å². The highest BCUT2D eigenvalue weighted by atomic mass is 14.7. The highest BCUT2D eigenvalue weighted by molar-refractivity contribution is 5.59. The van der Waals surface area contributed by atoms with Gasteiger partial charge in [0.15, 0.2) is 0 Å². The van der Waals surface area contributed by atoms with E-state index in [4.69, 9.17) is 0 Å². The number of nitrogens with zero attached hydrogens (tertiary/aromatic N) is 1. The van der Waals surface area contributed by atoms with Crippen LogP contribution in [0.1, 0.15) is 25.0 Å². The van der Waals surface area contributed by atoms with Gasteiger partial charge in [0.2, 0.25) is 0 Å². The largest absolute Gasteiger partial charge is 0.256 e. The van der Waals surface area contributed by atoms with Crippen molar-refractivity contribution in [2.45, 2.75) is 27.2 Å². The van der Waals surface area contributed by atoms with Gasteiger partial charge in [-0.1, -0.05) is 49.7 Å². The van der Waals surface area contributed by atoms with Gasteiger partial charge in [0.05, 0.1) is 5.69 Å². The number of hydrogen-bond acceptors (Lipinski definition) is 1. The van der Waals surface area contributed by atoms with Crippen molar-refractivity contribution in [3.8, 4) is 11.3 Å². The number of aromatic nitrogens is 1. The summed E-state index contributed by atoms with van der Waals surface area (Å²) in [6, 6.07) is 12.8. The van der Waals surface area contributed by atoms with E-state index in [-0.39, 0.29) is 0 Å². The van der Waals surface area contributed by atoms with E-state index in [9.17, 15) is 0 Å². The van der Waals surface area contributed by atoms with Crippen molar-refractivity contribution < 1.29 is 0 Å². The molecule has 0 saturated carbocycles. The van der Waals surface area contributed by atoms with Gasteiger partial charge in [-0.25, -0.2) is 0 Å². The van der Waals surface area contributed by atoms with Crippen LogP contribution in [0.15, 0.2) is 42.6 Å². The summed E-state index contributed by atoms with van der Waals surface area (Å²) in [6.07, 6.45) is 3.09. The van der Waals surface area contributed by atoms with Crippen LogP contribution in [0.25, 0.3) is 11.3 Å². The molecule has 1 heterocycles. The number of aryl methyl sites for hydroxylation is 1. The summed E-state index contributed by atoms with van der Waals surface area (Å²) in [5, 5.41) is 0. The SMILES string of the molecule is Cc1ccc(-c2ccc(CC(C)C)cn2)cc1. The van der Waals surface area contributed by atoms with E-state index in [0.29, 0.717) is 5.92 Å². The van der Waals surface area contributed by atoms with E-state index in [1.807, 2.05) is 6.20 Å². The van der Waals surface area contributed by atoms with E-state index in [1.54, 1.807) is 0 Å². The van der Waals surface area contributed by atoms with Crippen LogP contribution in [0.3, 0.4) is 0 Å². The molecule has 0 atom stereocenters. The molecule has 0 fully saturated rings. The maximum atomic E-state index is 4.53. The number of hydrogen-bond donors (Lipinski definition) is 0. The Bertz CT molecular complexity index is 466. The third-order valence-corrected chi connectivity index (χ3v) is 2.82. The van der Waals surface area contributed by atoms with Gasteiger partial charge in [-0.3, -0.25) is 4.98 Å². The molecule has 0 amide bonds. The highest BCUT2D eigenvalue weighted by Crippen LogP contribution is 2.18. The van der Waals surface area contributed by atoms with Crippen molar-refractivity contribution >= 4 is 0 Å². The maximum Gasteiger partial charge on any atom is 0.0702 e. The molecule has 2 aromatic rings. The third-order valence-electron chi connectivity index (χ3n) is 2.82. The lowest BCUT2D eigenvalue weighted by atomic mass is 10.0. The lowest BCUT2D eigenvalue weighted by Gasteiger charge is -2.06. The Hall–Kier alpha value is -1.63. The first-order chi connectivity index (χ1) is 8.15. The molecule has 0 N–H and O–H groups in total. The molecule has 0 aliphatic heterocycles. The van der Waals surface area contributed by atoms with Gasteiger partial charge in [0.25, 0.3) is 0 Å². The average molecular weight is 225 g/mol. The Labute approximate surface area is 104 Å². The lowest BCUT2D eigenvalue weighted by molar-refractivity contribution is 0.646. The summed E-state index contributed by atoms with van der Waals surface area (Å²) in [5.41, 5.74) is 4.84. The summed E-state index contributed by atoms with van der Waals surface area (Å²) >= 11 is 0. The predicted octanol–water partition coefficient (Wildman–Crippen LogP) is 4.26. The minimum absolute atomic E-state index is 0.682. The second-order valence-corrected chi connectivity index (χ2v) is 5.02. The minimum Gasteiger partial charge on any atom is -0.256 e. The summed E-state index contributed by atoms with van der Waals surface area (Å²) in [7, 11) is 0. The molecule has 0 aliphatic rings. The summed E-state index contributed by atoms with van der Waals surface area (Å²) in [5.74, 6) is 0.682. The second kappa shape index (κ2) is 5.13. The van der Waals surface area contributed by atoms with Gasteiger partial charge < -0.3 is 0 Å². The molecule has 0 saturated heterocycles. The molecule has 1 nitrogen and oxygen atoms in total. The molecule has 88 valence electrons. The van der Waals surface area contributed by atoms with E-state index in [1.165, 1.54) is 16.7 Å². The Kier molecular flexibility index (Phi) is 3.58. The van der Waals surface area contributed by atoms with Gasteiger partial charge >= 0.3 is 0 Å². The van der Waals surface area contributed by atoms with Crippen LogP contribution < -0.4 is 0 Å². The standard InChI is InChI=1S/C16H19N/c1-12(2)10-14-6-9-16(17-11-14)15-7-4-13(3)5-8-15/h4-9,11-12H,10H2,1-3H3. The predicted molar refractivity (Wildman–Crippen MR) is 73.0 cm³/mol.